The van der Waals surface area contributed by atoms with E-state index in [4.69, 9.17) is 0 Å². The van der Waals surface area contributed by atoms with Crippen molar-refractivity contribution in [1.29, 1.82) is 0 Å². The smallest absolute Gasteiger partial charge is 0.0639 e. The summed E-state index contributed by atoms with van der Waals surface area (Å²) in [5.74, 6) is 3.11. The van der Waals surface area contributed by atoms with Gasteiger partial charge in [0.05, 0.1) is 12.2 Å². The Hall–Kier alpha value is -0.640. The van der Waals surface area contributed by atoms with Crippen LogP contribution in [-0.4, -0.2) is 35.0 Å². The van der Waals surface area contributed by atoms with E-state index in [1.165, 1.54) is 18.4 Å². The topological polar surface area (TPSA) is 52.5 Å². The van der Waals surface area contributed by atoms with Gasteiger partial charge in [0.25, 0.3) is 0 Å². The lowest BCUT2D eigenvalue weighted by atomic mass is 9.51. The molecule has 0 amide bonds. The number of fused-ring (bicyclic) bond motifs is 5. The molecule has 0 spiro atoms. The second-order valence-electron chi connectivity index (χ2n) is 12.1. The Morgan fingerprint density at radius 3 is 2.63 bits per heavy atom. The fraction of sp³-hybridized carbons (Fsp3) is 0.852. The monoisotopic (exact) mass is 413 g/mol. The first kappa shape index (κ1) is 21.2. The van der Waals surface area contributed by atoms with Crippen molar-refractivity contribution in [3.05, 3.63) is 23.3 Å². The maximum Gasteiger partial charge on any atom is 0.0639 e. The zero-order valence-electron chi connectivity index (χ0n) is 19.5. The van der Waals surface area contributed by atoms with E-state index in [1.54, 1.807) is 5.57 Å². The minimum absolute atomic E-state index is 0.0957. The SMILES string of the molecule is C[C@H]1CC[C@@H]([C@@H](C)[C@]2(C)C3=CC[C@H]4[C@@H](CC=C5C[C@H](O)CC[C@]54C)[C@@H]3C[C@@H]2O)NC1. The van der Waals surface area contributed by atoms with E-state index in [-0.39, 0.29) is 23.0 Å². The Bertz CT molecular complexity index is 735. The Labute approximate surface area is 183 Å². The molecule has 0 aromatic rings. The van der Waals surface area contributed by atoms with Gasteiger partial charge in [-0.2, -0.15) is 0 Å². The Morgan fingerprint density at radius 1 is 1.10 bits per heavy atom. The molecule has 0 aromatic carbocycles. The van der Waals surface area contributed by atoms with Crippen LogP contribution in [0, 0.1) is 40.4 Å². The average molecular weight is 414 g/mol. The van der Waals surface area contributed by atoms with E-state index >= 15 is 0 Å². The Morgan fingerprint density at radius 2 is 1.90 bits per heavy atom. The van der Waals surface area contributed by atoms with Crippen LogP contribution in [0.15, 0.2) is 23.3 Å². The molecule has 10 atom stereocenters. The number of allylic oxidation sites excluding steroid dienone is 2. The summed E-state index contributed by atoms with van der Waals surface area (Å²) in [5, 5.41) is 25.5. The standard InChI is InChI=1S/C27H43NO2/c1-16-5-10-24(28-15-16)17(2)27(4)23-9-8-22-20(21(23)14-25(27)30)7-6-18-13-19(29)11-12-26(18,22)3/h6,9,16-17,19-22,24-25,28-30H,5,7-8,10-15H2,1-4H3/t16-,17+,19+,20-,21-,22-,24-,25-,26+,27+/m0/s1. The van der Waals surface area contributed by atoms with Crippen molar-refractivity contribution < 1.29 is 10.2 Å². The van der Waals surface area contributed by atoms with Crippen LogP contribution in [0.2, 0.25) is 0 Å². The van der Waals surface area contributed by atoms with Gasteiger partial charge < -0.3 is 15.5 Å². The van der Waals surface area contributed by atoms with Gasteiger partial charge in [0, 0.05) is 11.5 Å². The van der Waals surface area contributed by atoms with Crippen LogP contribution in [0.3, 0.4) is 0 Å². The minimum Gasteiger partial charge on any atom is -0.393 e. The summed E-state index contributed by atoms with van der Waals surface area (Å²) in [5.41, 5.74) is 3.26. The summed E-state index contributed by atoms with van der Waals surface area (Å²) in [6.07, 6.45) is 13.4. The van der Waals surface area contributed by atoms with Gasteiger partial charge >= 0.3 is 0 Å². The molecule has 1 heterocycles. The molecule has 3 fully saturated rings. The van der Waals surface area contributed by atoms with Crippen LogP contribution in [0.1, 0.15) is 79.1 Å². The highest BCUT2D eigenvalue weighted by Crippen LogP contribution is 2.64. The van der Waals surface area contributed by atoms with Crippen molar-refractivity contribution in [2.75, 3.05) is 6.54 Å². The van der Waals surface area contributed by atoms with Gasteiger partial charge in [0.1, 0.15) is 0 Å². The van der Waals surface area contributed by atoms with Crippen LogP contribution in [0.4, 0.5) is 0 Å². The fourth-order valence-electron chi connectivity index (χ4n) is 8.42. The van der Waals surface area contributed by atoms with Crippen LogP contribution in [0.5, 0.6) is 0 Å². The van der Waals surface area contributed by atoms with Crippen molar-refractivity contribution >= 4 is 0 Å². The third kappa shape index (κ3) is 3.02. The van der Waals surface area contributed by atoms with Crippen LogP contribution in [-0.2, 0) is 0 Å². The van der Waals surface area contributed by atoms with Crippen LogP contribution in [0.25, 0.3) is 0 Å². The predicted molar refractivity (Wildman–Crippen MR) is 122 cm³/mol. The van der Waals surface area contributed by atoms with E-state index in [2.05, 4.69) is 45.2 Å². The molecule has 5 rings (SSSR count). The van der Waals surface area contributed by atoms with Gasteiger partial charge in [0.15, 0.2) is 0 Å². The maximum absolute atomic E-state index is 11.4. The largest absolute Gasteiger partial charge is 0.393 e. The number of aliphatic hydroxyl groups is 2. The molecular weight excluding hydrogens is 370 g/mol. The van der Waals surface area contributed by atoms with Gasteiger partial charge in [-0.3, -0.25) is 0 Å². The highest BCUT2D eigenvalue weighted by Gasteiger charge is 2.58. The third-order valence-corrected chi connectivity index (χ3v) is 10.7. The molecular formula is C27H43NO2. The van der Waals surface area contributed by atoms with E-state index in [0.29, 0.717) is 29.7 Å². The Kier molecular flexibility index (Phi) is 5.27. The van der Waals surface area contributed by atoms with Crippen molar-refractivity contribution in [3.8, 4) is 0 Å². The summed E-state index contributed by atoms with van der Waals surface area (Å²) in [6.45, 7) is 10.7. The molecule has 0 unspecified atom stereocenters. The van der Waals surface area contributed by atoms with Gasteiger partial charge in [-0.25, -0.2) is 0 Å². The van der Waals surface area contributed by atoms with Crippen molar-refractivity contribution in [2.24, 2.45) is 40.4 Å². The highest BCUT2D eigenvalue weighted by molar-refractivity contribution is 5.34. The summed E-state index contributed by atoms with van der Waals surface area (Å²) in [6, 6.07) is 0.522. The molecule has 1 aliphatic heterocycles. The molecule has 3 heteroatoms. The quantitative estimate of drug-likeness (QED) is 0.568. The molecule has 0 bridgehead atoms. The van der Waals surface area contributed by atoms with Gasteiger partial charge in [-0.15, -0.1) is 0 Å². The van der Waals surface area contributed by atoms with Gasteiger partial charge in [-0.05, 0) is 92.9 Å². The average Bonchev–Trinajstić information content (AvgIpc) is 3.00. The summed E-state index contributed by atoms with van der Waals surface area (Å²) in [7, 11) is 0. The zero-order valence-corrected chi connectivity index (χ0v) is 19.5. The first-order valence-electron chi connectivity index (χ1n) is 12.7. The number of hydrogen-bond donors (Lipinski definition) is 3. The number of nitrogens with one attached hydrogen (secondary N) is 1. The van der Waals surface area contributed by atoms with Crippen molar-refractivity contribution in [1.82, 2.24) is 5.32 Å². The predicted octanol–water partition coefficient (Wildman–Crippen LogP) is 4.84. The molecule has 5 aliphatic rings. The van der Waals surface area contributed by atoms with E-state index in [1.807, 2.05) is 0 Å². The van der Waals surface area contributed by atoms with E-state index in [0.717, 1.165) is 51.0 Å². The molecule has 0 radical (unpaired) electrons. The molecule has 2 saturated carbocycles. The lowest BCUT2D eigenvalue weighted by Crippen LogP contribution is -2.50. The zero-order chi connectivity index (χ0) is 21.3. The lowest BCUT2D eigenvalue weighted by Gasteiger charge is -2.54. The molecule has 30 heavy (non-hydrogen) atoms. The van der Waals surface area contributed by atoms with E-state index < -0.39 is 0 Å². The molecule has 168 valence electrons. The first-order valence-corrected chi connectivity index (χ1v) is 12.7. The second kappa shape index (κ2) is 7.46. The third-order valence-electron chi connectivity index (χ3n) is 10.7. The van der Waals surface area contributed by atoms with Gasteiger partial charge in [0.2, 0.25) is 0 Å². The Balaban J connectivity index is 1.42. The molecule has 4 aliphatic carbocycles. The number of piperidine rings is 1. The van der Waals surface area contributed by atoms with Gasteiger partial charge in [-0.1, -0.05) is 51.0 Å². The van der Waals surface area contributed by atoms with E-state index in [9.17, 15) is 10.2 Å². The highest BCUT2D eigenvalue weighted by atomic mass is 16.3. The second-order valence-corrected chi connectivity index (χ2v) is 12.1. The minimum atomic E-state index is -0.227. The molecule has 0 aromatic heterocycles. The van der Waals surface area contributed by atoms with Crippen LogP contribution < -0.4 is 5.32 Å². The summed E-state index contributed by atoms with van der Waals surface area (Å²) in [4.78, 5) is 0. The first-order chi connectivity index (χ1) is 14.2. The number of rotatable bonds is 2. The maximum atomic E-state index is 11.4. The summed E-state index contributed by atoms with van der Waals surface area (Å²) >= 11 is 0. The van der Waals surface area contributed by atoms with Crippen LogP contribution >= 0.6 is 0 Å². The molecule has 3 nitrogen and oxygen atoms in total. The normalized spacial score (nSPS) is 51.9. The summed E-state index contributed by atoms with van der Waals surface area (Å²) < 4.78 is 0. The van der Waals surface area contributed by atoms with Crippen molar-refractivity contribution in [2.45, 2.75) is 97.3 Å². The lowest BCUT2D eigenvalue weighted by molar-refractivity contribution is 0.0253. The number of aliphatic hydroxyl groups excluding tert-OH is 2. The molecule has 1 saturated heterocycles. The molecule has 3 N–H and O–H groups in total. The fourth-order valence-corrected chi connectivity index (χ4v) is 8.42. The number of hydrogen-bond acceptors (Lipinski definition) is 3. The van der Waals surface area contributed by atoms with Crippen molar-refractivity contribution in [3.63, 3.8) is 0 Å².